The second-order valence-electron chi connectivity index (χ2n) is 3.64. The predicted octanol–water partition coefficient (Wildman–Crippen LogP) is 2.97. The van der Waals surface area contributed by atoms with Gasteiger partial charge in [-0.15, -0.1) is 0 Å². The van der Waals surface area contributed by atoms with Crippen LogP contribution in [0.1, 0.15) is 21.6 Å². The Morgan fingerprint density at radius 1 is 1.35 bits per heavy atom. The molecule has 0 aliphatic rings. The lowest BCUT2D eigenvalue weighted by atomic mass is 10.1. The second kappa shape index (κ2) is 4.86. The first-order chi connectivity index (χ1) is 8.19. The number of aromatic amines is 1. The first-order valence-corrected chi connectivity index (χ1v) is 5.43. The maximum absolute atomic E-state index is 11.9. The number of hydrogen-bond donors (Lipinski definition) is 1. The molecule has 2 rings (SSSR count). The van der Waals surface area contributed by atoms with Crippen LogP contribution >= 0.6 is 11.6 Å². The first-order valence-electron chi connectivity index (χ1n) is 5.05. The van der Waals surface area contributed by atoms with Gasteiger partial charge < -0.3 is 4.98 Å². The van der Waals surface area contributed by atoms with Crippen LogP contribution in [0, 0.1) is 11.3 Å². The van der Waals surface area contributed by atoms with E-state index < -0.39 is 0 Å². The summed E-state index contributed by atoms with van der Waals surface area (Å²) < 4.78 is 0. The fraction of sp³-hybridized carbons (Fsp3) is 0.0769. The second-order valence-corrected chi connectivity index (χ2v) is 4.08. The fourth-order valence-corrected chi connectivity index (χ4v) is 1.64. The molecule has 0 saturated carbocycles. The van der Waals surface area contributed by atoms with Crippen LogP contribution < -0.4 is 0 Å². The van der Waals surface area contributed by atoms with Gasteiger partial charge in [-0.25, -0.2) is 0 Å². The monoisotopic (exact) mass is 244 g/mol. The van der Waals surface area contributed by atoms with Gasteiger partial charge in [0.2, 0.25) is 0 Å². The van der Waals surface area contributed by atoms with Crippen molar-refractivity contribution in [1.82, 2.24) is 4.98 Å². The normalized spacial score (nSPS) is 9.88. The van der Waals surface area contributed by atoms with E-state index in [4.69, 9.17) is 16.9 Å². The van der Waals surface area contributed by atoms with Gasteiger partial charge in [-0.2, -0.15) is 5.26 Å². The summed E-state index contributed by atoms with van der Waals surface area (Å²) in [6.07, 6.45) is 1.86. The molecule has 1 heterocycles. The van der Waals surface area contributed by atoms with Crippen LogP contribution in [0.3, 0.4) is 0 Å². The molecular formula is C13H9ClN2O. The van der Waals surface area contributed by atoms with Crippen molar-refractivity contribution in [3.05, 3.63) is 58.4 Å². The summed E-state index contributed by atoms with van der Waals surface area (Å²) in [7, 11) is 0. The number of rotatable bonds is 3. The van der Waals surface area contributed by atoms with Crippen LogP contribution in [0.4, 0.5) is 0 Å². The van der Waals surface area contributed by atoms with Gasteiger partial charge in [-0.1, -0.05) is 23.7 Å². The molecule has 1 N–H and O–H groups in total. The lowest BCUT2D eigenvalue weighted by Crippen LogP contribution is -2.01. The maximum Gasteiger partial charge on any atom is 0.168 e. The number of benzene rings is 1. The molecule has 0 radical (unpaired) electrons. The molecule has 0 fully saturated rings. The zero-order valence-electron chi connectivity index (χ0n) is 8.90. The lowest BCUT2D eigenvalue weighted by molar-refractivity contribution is 0.0993. The molecule has 0 bridgehead atoms. The van der Waals surface area contributed by atoms with Gasteiger partial charge in [-0.3, -0.25) is 4.79 Å². The summed E-state index contributed by atoms with van der Waals surface area (Å²) in [5.41, 5.74) is 1.82. The molecule has 0 unspecified atom stereocenters. The Balaban J connectivity index is 2.12. The molecule has 4 heteroatoms. The highest BCUT2D eigenvalue weighted by atomic mass is 35.5. The van der Waals surface area contributed by atoms with Crippen LogP contribution in [-0.2, 0) is 6.42 Å². The lowest BCUT2D eigenvalue weighted by Gasteiger charge is -1.99. The van der Waals surface area contributed by atoms with Gasteiger partial charge in [0.1, 0.15) is 11.8 Å². The number of halogens is 1. The summed E-state index contributed by atoms with van der Waals surface area (Å²) in [6, 6.07) is 10.6. The third kappa shape index (κ3) is 2.74. The number of nitrogens with zero attached hydrogens (tertiary/aromatic N) is 1. The Kier molecular flexibility index (Phi) is 3.27. The summed E-state index contributed by atoms with van der Waals surface area (Å²) in [6.45, 7) is 0. The average molecular weight is 245 g/mol. The number of Topliss-reactive ketones (excluding diaryl/α,β-unsaturated/α-hetero) is 1. The van der Waals surface area contributed by atoms with Crippen molar-refractivity contribution in [1.29, 1.82) is 5.26 Å². The van der Waals surface area contributed by atoms with E-state index in [1.54, 1.807) is 24.4 Å². The van der Waals surface area contributed by atoms with E-state index in [0.29, 0.717) is 22.7 Å². The number of aromatic nitrogens is 1. The smallest absolute Gasteiger partial charge is 0.168 e. The van der Waals surface area contributed by atoms with Crippen molar-refractivity contribution < 1.29 is 4.79 Å². The van der Waals surface area contributed by atoms with Crippen molar-refractivity contribution in [2.24, 2.45) is 0 Å². The largest absolute Gasteiger partial charge is 0.352 e. The highest BCUT2D eigenvalue weighted by Crippen LogP contribution is 2.12. The van der Waals surface area contributed by atoms with Crippen LogP contribution in [-0.4, -0.2) is 10.8 Å². The molecule has 0 spiro atoms. The summed E-state index contributed by atoms with van der Waals surface area (Å²) in [4.78, 5) is 14.6. The minimum Gasteiger partial charge on any atom is -0.352 e. The Bertz CT molecular complexity index is 578. The first kappa shape index (κ1) is 11.4. The highest BCUT2D eigenvalue weighted by Gasteiger charge is 2.09. The molecule has 2 aromatic rings. The fourth-order valence-electron chi connectivity index (χ4n) is 1.51. The zero-order valence-corrected chi connectivity index (χ0v) is 9.66. The SMILES string of the molecule is N#Cc1cc(C(=O)Cc2ccc(Cl)cc2)c[nH]1. The van der Waals surface area contributed by atoms with E-state index >= 15 is 0 Å². The summed E-state index contributed by atoms with van der Waals surface area (Å²) >= 11 is 5.76. The Hall–Kier alpha value is -2.05. The molecule has 0 amide bonds. The van der Waals surface area contributed by atoms with E-state index in [0.717, 1.165) is 5.56 Å². The number of nitriles is 1. The van der Waals surface area contributed by atoms with Gasteiger partial charge in [0.05, 0.1) is 0 Å². The van der Waals surface area contributed by atoms with Crippen LogP contribution in [0.15, 0.2) is 36.5 Å². The minimum absolute atomic E-state index is 0.0231. The van der Waals surface area contributed by atoms with Gasteiger partial charge in [0.15, 0.2) is 5.78 Å². The van der Waals surface area contributed by atoms with Crippen molar-refractivity contribution in [3.63, 3.8) is 0 Å². The number of H-pyrrole nitrogens is 1. The van der Waals surface area contributed by atoms with E-state index in [-0.39, 0.29) is 5.78 Å². The van der Waals surface area contributed by atoms with E-state index in [1.165, 1.54) is 0 Å². The van der Waals surface area contributed by atoms with E-state index in [1.807, 2.05) is 18.2 Å². The molecule has 1 aromatic heterocycles. The molecule has 84 valence electrons. The van der Waals surface area contributed by atoms with Crippen molar-refractivity contribution in [2.75, 3.05) is 0 Å². The number of ketones is 1. The molecule has 0 atom stereocenters. The van der Waals surface area contributed by atoms with Crippen LogP contribution in [0.2, 0.25) is 5.02 Å². The number of carbonyl (C=O) groups excluding carboxylic acids is 1. The van der Waals surface area contributed by atoms with Gasteiger partial charge in [-0.05, 0) is 23.8 Å². The van der Waals surface area contributed by atoms with Gasteiger partial charge in [0.25, 0.3) is 0 Å². The van der Waals surface area contributed by atoms with E-state index in [2.05, 4.69) is 4.98 Å². The number of carbonyl (C=O) groups is 1. The zero-order chi connectivity index (χ0) is 12.3. The number of hydrogen-bond acceptors (Lipinski definition) is 2. The summed E-state index contributed by atoms with van der Waals surface area (Å²) in [5, 5.41) is 9.29. The summed E-state index contributed by atoms with van der Waals surface area (Å²) in [5.74, 6) is -0.0231. The predicted molar refractivity (Wildman–Crippen MR) is 65.0 cm³/mol. The Morgan fingerprint density at radius 2 is 2.06 bits per heavy atom. The van der Waals surface area contributed by atoms with Gasteiger partial charge in [0, 0.05) is 23.2 Å². The third-order valence-electron chi connectivity index (χ3n) is 2.40. The standard InChI is InChI=1S/C13H9ClN2O/c14-11-3-1-9(2-4-11)5-13(17)10-6-12(7-15)16-8-10/h1-4,6,8,16H,5H2. The molecule has 0 aliphatic heterocycles. The topological polar surface area (TPSA) is 56.6 Å². The van der Waals surface area contributed by atoms with Crippen LogP contribution in [0.25, 0.3) is 0 Å². The molecule has 3 nitrogen and oxygen atoms in total. The molecule has 1 aromatic carbocycles. The molecular weight excluding hydrogens is 236 g/mol. The van der Waals surface area contributed by atoms with Gasteiger partial charge >= 0.3 is 0 Å². The minimum atomic E-state index is -0.0231. The molecule has 0 saturated heterocycles. The average Bonchev–Trinajstić information content (AvgIpc) is 2.81. The highest BCUT2D eigenvalue weighted by molar-refractivity contribution is 6.30. The van der Waals surface area contributed by atoms with Crippen molar-refractivity contribution in [2.45, 2.75) is 6.42 Å². The number of nitrogens with one attached hydrogen (secondary N) is 1. The molecule has 0 aliphatic carbocycles. The van der Waals surface area contributed by atoms with Crippen LogP contribution in [0.5, 0.6) is 0 Å². The van der Waals surface area contributed by atoms with Crippen molar-refractivity contribution >= 4 is 17.4 Å². The van der Waals surface area contributed by atoms with E-state index in [9.17, 15) is 4.79 Å². The third-order valence-corrected chi connectivity index (χ3v) is 2.66. The quantitative estimate of drug-likeness (QED) is 0.844. The molecule has 17 heavy (non-hydrogen) atoms. The Labute approximate surface area is 104 Å². The van der Waals surface area contributed by atoms with Crippen molar-refractivity contribution in [3.8, 4) is 6.07 Å². The Morgan fingerprint density at radius 3 is 2.65 bits per heavy atom. The maximum atomic E-state index is 11.9.